The molecule has 0 spiro atoms. The normalized spacial score (nSPS) is 24.1. The molecule has 4 heteroatoms. The Bertz CT molecular complexity index is 140. The summed E-state index contributed by atoms with van der Waals surface area (Å²) in [5.74, 6) is 0.506. The van der Waals surface area contributed by atoms with Crippen LogP contribution in [-0.2, 0) is 0 Å². The van der Waals surface area contributed by atoms with Crippen LogP contribution in [-0.4, -0.2) is 24.1 Å². The number of amides is 1. The van der Waals surface area contributed by atoms with Crippen LogP contribution in [0.1, 0.15) is 19.8 Å². The van der Waals surface area contributed by atoms with Gasteiger partial charge in [-0.1, -0.05) is 6.92 Å². The Morgan fingerprint density at radius 2 is 2.27 bits per heavy atom. The fourth-order valence-electron chi connectivity index (χ4n) is 1.36. The first kappa shape index (κ1) is 10.6. The maximum Gasteiger partial charge on any atom is 0.136 e. The third-order valence-electron chi connectivity index (χ3n) is 1.92. The number of piperidine rings is 1. The van der Waals surface area contributed by atoms with Crippen LogP contribution in [0.3, 0.4) is 0 Å². The summed E-state index contributed by atoms with van der Waals surface area (Å²) in [5, 5.41) is 10.3. The van der Waals surface area contributed by atoms with Gasteiger partial charge in [-0.3, -0.25) is 0 Å². The van der Waals surface area contributed by atoms with Crippen molar-refractivity contribution in [2.45, 2.75) is 19.8 Å². The van der Waals surface area contributed by atoms with Gasteiger partial charge in [0.25, 0.3) is 0 Å². The highest BCUT2D eigenvalue weighted by molar-refractivity contribution is 5.85. The van der Waals surface area contributed by atoms with Crippen LogP contribution in [0.4, 0.5) is 4.79 Å². The Morgan fingerprint density at radius 3 is 2.64 bits per heavy atom. The molecule has 11 heavy (non-hydrogen) atoms. The van der Waals surface area contributed by atoms with Crippen molar-refractivity contribution >= 4 is 18.5 Å². The van der Waals surface area contributed by atoms with E-state index >= 15 is 0 Å². The maximum atomic E-state index is 10.3. The topological polar surface area (TPSA) is 43.4 Å². The molecule has 3 nitrogen and oxygen atoms in total. The molecule has 66 valence electrons. The van der Waals surface area contributed by atoms with Crippen molar-refractivity contribution in [3.8, 4) is 0 Å². The van der Waals surface area contributed by atoms with Gasteiger partial charge in [-0.05, 0) is 18.8 Å². The number of carbonyl (C=O) groups is 1. The molecule has 0 bridgehead atoms. The van der Waals surface area contributed by atoms with E-state index in [-0.39, 0.29) is 12.4 Å². The van der Waals surface area contributed by atoms with E-state index in [1.54, 1.807) is 0 Å². The quantitative estimate of drug-likeness (QED) is 0.542. The molecule has 1 atom stereocenters. The molecule has 0 radical (unpaired) electrons. The number of hydrogen-bond acceptors (Lipinski definition) is 2. The van der Waals surface area contributed by atoms with E-state index < -0.39 is 6.09 Å². The minimum absolute atomic E-state index is 0. The molecule has 1 fully saturated rings. The van der Waals surface area contributed by atoms with Gasteiger partial charge in [0.2, 0.25) is 0 Å². The van der Waals surface area contributed by atoms with Crippen LogP contribution in [0.5, 0.6) is 0 Å². The second-order valence-corrected chi connectivity index (χ2v) is 2.96. The highest BCUT2D eigenvalue weighted by atomic mass is 35.5. The third kappa shape index (κ3) is 2.97. The zero-order chi connectivity index (χ0) is 7.56. The molecule has 0 N–H and O–H groups in total. The maximum absolute atomic E-state index is 10.3. The molecule has 0 unspecified atom stereocenters. The van der Waals surface area contributed by atoms with Gasteiger partial charge in [-0.2, -0.15) is 0 Å². The first-order chi connectivity index (χ1) is 4.70. The first-order valence-corrected chi connectivity index (χ1v) is 3.66. The molecule has 1 aliphatic rings. The second-order valence-electron chi connectivity index (χ2n) is 2.96. The number of likely N-dealkylation sites (tertiary alicyclic amines) is 1. The summed E-state index contributed by atoms with van der Waals surface area (Å²) in [7, 11) is 0. The average molecular weight is 179 g/mol. The standard InChI is InChI=1S/C7H13NO2.ClH/c1-6-3-2-4-8(5-6)7(9)10;/h6H,2-5H2,1H3,(H,9,10);1H/p-1/t6-;/m1./s1. The Morgan fingerprint density at radius 1 is 1.64 bits per heavy atom. The number of halogens is 1. The fourth-order valence-corrected chi connectivity index (χ4v) is 1.36. The van der Waals surface area contributed by atoms with E-state index in [2.05, 4.69) is 6.92 Å². The predicted octanol–water partition coefficient (Wildman–Crippen LogP) is 0.483. The summed E-state index contributed by atoms with van der Waals surface area (Å²) >= 11 is 0. The number of carboxylic acid groups (broad SMARTS) is 1. The van der Waals surface area contributed by atoms with E-state index in [1.807, 2.05) is 0 Å². The smallest absolute Gasteiger partial charge is 0.136 e. The van der Waals surface area contributed by atoms with Crippen molar-refractivity contribution < 1.29 is 9.90 Å². The summed E-state index contributed by atoms with van der Waals surface area (Å²) in [6.45, 7) is 3.38. The minimum Gasteiger partial charge on any atom is -0.530 e. The number of carbonyl (C=O) groups excluding carboxylic acids is 1. The lowest BCUT2D eigenvalue weighted by Gasteiger charge is -2.32. The SMILES string of the molecule is C[C@@H]1CCCN(C(=O)[O-])C1.Cl. The van der Waals surface area contributed by atoms with Crippen molar-refractivity contribution in [3.63, 3.8) is 0 Å². The van der Waals surface area contributed by atoms with E-state index in [0.29, 0.717) is 19.0 Å². The molecular weight excluding hydrogens is 166 g/mol. The summed E-state index contributed by atoms with van der Waals surface area (Å²) in [6, 6.07) is 0. The molecule has 1 heterocycles. The molecule has 0 aromatic carbocycles. The van der Waals surface area contributed by atoms with Crippen LogP contribution < -0.4 is 5.11 Å². The lowest BCUT2D eigenvalue weighted by atomic mass is 10.0. The van der Waals surface area contributed by atoms with Crippen LogP contribution in [0.15, 0.2) is 0 Å². The van der Waals surface area contributed by atoms with E-state index in [1.165, 1.54) is 4.90 Å². The highest BCUT2D eigenvalue weighted by Gasteiger charge is 2.14. The predicted molar refractivity (Wildman–Crippen MR) is 42.6 cm³/mol. The number of hydrogen-bond donors (Lipinski definition) is 0. The molecule has 0 aromatic heterocycles. The number of rotatable bonds is 0. The molecule has 0 aromatic rings. The zero-order valence-corrected chi connectivity index (χ0v) is 7.39. The molecule has 1 amide bonds. The van der Waals surface area contributed by atoms with Gasteiger partial charge in [0, 0.05) is 13.1 Å². The van der Waals surface area contributed by atoms with Crippen molar-refractivity contribution in [2.24, 2.45) is 5.92 Å². The summed E-state index contributed by atoms with van der Waals surface area (Å²) in [6.07, 6.45) is 1.10. The van der Waals surface area contributed by atoms with Crippen LogP contribution >= 0.6 is 12.4 Å². The van der Waals surface area contributed by atoms with Gasteiger partial charge < -0.3 is 14.8 Å². The summed E-state index contributed by atoms with van der Waals surface area (Å²) < 4.78 is 0. The van der Waals surface area contributed by atoms with E-state index in [0.717, 1.165) is 12.8 Å². The molecular formula is C7H13ClNO2-. The van der Waals surface area contributed by atoms with Gasteiger partial charge in [0.15, 0.2) is 0 Å². The second kappa shape index (κ2) is 4.44. The Hall–Kier alpha value is -0.440. The van der Waals surface area contributed by atoms with Crippen molar-refractivity contribution in [2.75, 3.05) is 13.1 Å². The van der Waals surface area contributed by atoms with Crippen molar-refractivity contribution in [1.82, 2.24) is 4.90 Å². The highest BCUT2D eigenvalue weighted by Crippen LogP contribution is 2.14. The first-order valence-electron chi connectivity index (χ1n) is 3.66. The fraction of sp³-hybridized carbons (Fsp3) is 0.857. The molecule has 1 aliphatic heterocycles. The Labute approximate surface area is 72.8 Å². The van der Waals surface area contributed by atoms with Gasteiger partial charge in [-0.15, -0.1) is 12.4 Å². The average Bonchev–Trinajstić information content (AvgIpc) is 1.88. The lowest BCUT2D eigenvalue weighted by Crippen LogP contribution is -2.46. The van der Waals surface area contributed by atoms with Gasteiger partial charge in [0.05, 0.1) is 0 Å². The van der Waals surface area contributed by atoms with Gasteiger partial charge in [-0.25, -0.2) is 0 Å². The van der Waals surface area contributed by atoms with E-state index in [9.17, 15) is 9.90 Å². The summed E-state index contributed by atoms with van der Waals surface area (Å²) in [5.41, 5.74) is 0. The Kier molecular flexibility index (Phi) is 4.26. The Balaban J connectivity index is 0.000001000. The van der Waals surface area contributed by atoms with Crippen molar-refractivity contribution in [1.29, 1.82) is 0 Å². The van der Waals surface area contributed by atoms with Gasteiger partial charge in [0.1, 0.15) is 6.09 Å². The van der Waals surface area contributed by atoms with Crippen LogP contribution in [0.2, 0.25) is 0 Å². The minimum atomic E-state index is -1.02. The van der Waals surface area contributed by atoms with Crippen molar-refractivity contribution in [3.05, 3.63) is 0 Å². The largest absolute Gasteiger partial charge is 0.530 e. The van der Waals surface area contributed by atoms with E-state index in [4.69, 9.17) is 0 Å². The number of nitrogens with zero attached hydrogens (tertiary/aromatic N) is 1. The molecule has 1 saturated heterocycles. The molecule has 1 rings (SSSR count). The molecule has 0 aliphatic carbocycles. The zero-order valence-electron chi connectivity index (χ0n) is 6.58. The lowest BCUT2D eigenvalue weighted by molar-refractivity contribution is -0.267. The third-order valence-corrected chi connectivity index (χ3v) is 1.92. The van der Waals surface area contributed by atoms with Crippen LogP contribution in [0, 0.1) is 5.92 Å². The summed E-state index contributed by atoms with van der Waals surface area (Å²) in [4.78, 5) is 11.7. The molecule has 0 saturated carbocycles. The monoisotopic (exact) mass is 178 g/mol. The van der Waals surface area contributed by atoms with Gasteiger partial charge >= 0.3 is 0 Å². The van der Waals surface area contributed by atoms with Crippen LogP contribution in [0.25, 0.3) is 0 Å².